The number of phenols is 2. The Balaban J connectivity index is 2.77. The summed E-state index contributed by atoms with van der Waals surface area (Å²) in [6.07, 6.45) is 0. The van der Waals surface area contributed by atoms with Gasteiger partial charge in [-0.15, -0.1) is 0 Å². The van der Waals surface area contributed by atoms with E-state index in [2.05, 4.69) is 5.32 Å². The van der Waals surface area contributed by atoms with Gasteiger partial charge in [0.2, 0.25) is 0 Å². The minimum Gasteiger partial charge on any atom is -0.504 e. The highest BCUT2D eigenvalue weighted by atomic mass is 16.5. The number of carbonyl (C=O) groups is 1. The summed E-state index contributed by atoms with van der Waals surface area (Å²) >= 11 is 0. The van der Waals surface area contributed by atoms with E-state index in [0.717, 1.165) is 0 Å². The Morgan fingerprint density at radius 2 is 2.19 bits per heavy atom. The molecule has 1 aromatic rings. The molecule has 0 heterocycles. The third-order valence-corrected chi connectivity index (χ3v) is 2.05. The second-order valence-corrected chi connectivity index (χ2v) is 3.50. The predicted octanol–water partition coefficient (Wildman–Crippen LogP) is 0.862. The first kappa shape index (κ1) is 12.3. The first-order chi connectivity index (χ1) is 7.56. The Labute approximate surface area is 93.7 Å². The van der Waals surface area contributed by atoms with Crippen LogP contribution in [0.1, 0.15) is 17.3 Å². The molecule has 1 rings (SSSR count). The van der Waals surface area contributed by atoms with Crippen LogP contribution in [0.5, 0.6) is 11.5 Å². The van der Waals surface area contributed by atoms with Crippen LogP contribution in [-0.2, 0) is 4.74 Å². The fraction of sp³-hybridized carbons (Fsp3) is 0.364. The van der Waals surface area contributed by atoms with E-state index < -0.39 is 11.7 Å². The zero-order chi connectivity index (χ0) is 12.1. The lowest BCUT2D eigenvalue weighted by molar-refractivity contribution is 0.0902. The van der Waals surface area contributed by atoms with Crippen molar-refractivity contribution in [3.8, 4) is 11.5 Å². The number of methoxy groups -OCH3 is 1. The number of amides is 1. The fourth-order valence-electron chi connectivity index (χ4n) is 1.31. The van der Waals surface area contributed by atoms with Crippen LogP contribution in [0.15, 0.2) is 18.2 Å². The van der Waals surface area contributed by atoms with Crippen molar-refractivity contribution in [3.05, 3.63) is 23.8 Å². The van der Waals surface area contributed by atoms with Crippen LogP contribution >= 0.6 is 0 Å². The molecule has 3 N–H and O–H groups in total. The molecule has 1 aromatic carbocycles. The molecular weight excluding hydrogens is 210 g/mol. The summed E-state index contributed by atoms with van der Waals surface area (Å²) in [6.45, 7) is 2.16. The molecule has 1 amide bonds. The van der Waals surface area contributed by atoms with Gasteiger partial charge in [0.25, 0.3) is 5.91 Å². The van der Waals surface area contributed by atoms with E-state index in [1.165, 1.54) is 25.3 Å². The molecule has 0 saturated carbocycles. The molecule has 5 heteroatoms. The lowest BCUT2D eigenvalue weighted by Gasteiger charge is -2.13. The molecular formula is C11H15NO4. The summed E-state index contributed by atoms with van der Waals surface area (Å²) in [5, 5.41) is 21.3. The van der Waals surface area contributed by atoms with Gasteiger partial charge in [-0.3, -0.25) is 4.79 Å². The highest BCUT2D eigenvalue weighted by Crippen LogP contribution is 2.27. The van der Waals surface area contributed by atoms with Gasteiger partial charge in [0, 0.05) is 13.2 Å². The molecule has 0 bridgehead atoms. The summed E-state index contributed by atoms with van der Waals surface area (Å²) in [6, 6.07) is 4.07. The Morgan fingerprint density at radius 3 is 2.81 bits per heavy atom. The van der Waals surface area contributed by atoms with E-state index >= 15 is 0 Å². The van der Waals surface area contributed by atoms with Gasteiger partial charge in [-0.05, 0) is 19.1 Å². The van der Waals surface area contributed by atoms with Crippen molar-refractivity contribution in [1.82, 2.24) is 5.32 Å². The normalized spacial score (nSPS) is 12.1. The molecule has 1 atom stereocenters. The predicted molar refractivity (Wildman–Crippen MR) is 58.6 cm³/mol. The van der Waals surface area contributed by atoms with Crippen molar-refractivity contribution in [3.63, 3.8) is 0 Å². The van der Waals surface area contributed by atoms with Gasteiger partial charge in [0.15, 0.2) is 11.5 Å². The van der Waals surface area contributed by atoms with E-state index in [1.807, 2.05) is 0 Å². The van der Waals surface area contributed by atoms with Crippen molar-refractivity contribution in [2.24, 2.45) is 0 Å². The maximum Gasteiger partial charge on any atom is 0.255 e. The Hall–Kier alpha value is -1.75. The smallest absolute Gasteiger partial charge is 0.255 e. The van der Waals surface area contributed by atoms with Crippen LogP contribution < -0.4 is 5.32 Å². The van der Waals surface area contributed by atoms with Crippen LogP contribution in [0.25, 0.3) is 0 Å². The van der Waals surface area contributed by atoms with Crippen molar-refractivity contribution in [1.29, 1.82) is 0 Å². The number of para-hydroxylation sites is 1. The monoisotopic (exact) mass is 225 g/mol. The van der Waals surface area contributed by atoms with Crippen LogP contribution in [-0.4, -0.2) is 35.9 Å². The van der Waals surface area contributed by atoms with Crippen molar-refractivity contribution in [2.75, 3.05) is 13.7 Å². The van der Waals surface area contributed by atoms with Gasteiger partial charge in [-0.25, -0.2) is 0 Å². The average molecular weight is 225 g/mol. The SMILES string of the molecule is COCC(C)NC(=O)c1cccc(O)c1O. The number of aromatic hydroxyl groups is 2. The van der Waals surface area contributed by atoms with E-state index in [4.69, 9.17) is 4.74 Å². The third kappa shape index (κ3) is 2.87. The van der Waals surface area contributed by atoms with Crippen molar-refractivity contribution < 1.29 is 19.7 Å². The van der Waals surface area contributed by atoms with Crippen LogP contribution in [0.3, 0.4) is 0 Å². The zero-order valence-electron chi connectivity index (χ0n) is 9.23. The van der Waals surface area contributed by atoms with Crippen LogP contribution in [0, 0.1) is 0 Å². The highest BCUT2D eigenvalue weighted by molar-refractivity contribution is 5.97. The molecule has 0 saturated heterocycles. The summed E-state index contributed by atoms with van der Waals surface area (Å²) in [7, 11) is 1.54. The number of hydrogen-bond donors (Lipinski definition) is 3. The van der Waals surface area contributed by atoms with Crippen molar-refractivity contribution >= 4 is 5.91 Å². The average Bonchev–Trinajstić information content (AvgIpc) is 2.22. The number of ether oxygens (including phenoxy) is 1. The van der Waals surface area contributed by atoms with Gasteiger partial charge in [0.05, 0.1) is 12.2 Å². The molecule has 0 radical (unpaired) electrons. The number of nitrogens with one attached hydrogen (secondary N) is 1. The van der Waals surface area contributed by atoms with Crippen molar-refractivity contribution in [2.45, 2.75) is 13.0 Å². The number of hydrogen-bond acceptors (Lipinski definition) is 4. The number of benzene rings is 1. The lowest BCUT2D eigenvalue weighted by Crippen LogP contribution is -2.35. The lowest BCUT2D eigenvalue weighted by atomic mass is 10.1. The summed E-state index contributed by atoms with van der Waals surface area (Å²) in [5.41, 5.74) is 0.0444. The topological polar surface area (TPSA) is 78.8 Å². The third-order valence-electron chi connectivity index (χ3n) is 2.05. The minimum atomic E-state index is -0.446. The second-order valence-electron chi connectivity index (χ2n) is 3.50. The Morgan fingerprint density at radius 1 is 1.50 bits per heavy atom. The molecule has 0 aromatic heterocycles. The quantitative estimate of drug-likeness (QED) is 0.664. The molecule has 0 aliphatic rings. The van der Waals surface area contributed by atoms with E-state index in [0.29, 0.717) is 6.61 Å². The van der Waals surface area contributed by atoms with Gasteiger partial charge >= 0.3 is 0 Å². The van der Waals surface area contributed by atoms with Gasteiger partial charge < -0.3 is 20.3 Å². The van der Waals surface area contributed by atoms with Crippen LogP contribution in [0.2, 0.25) is 0 Å². The highest BCUT2D eigenvalue weighted by Gasteiger charge is 2.15. The molecule has 1 unspecified atom stereocenters. The minimum absolute atomic E-state index is 0.0444. The first-order valence-corrected chi connectivity index (χ1v) is 4.87. The van der Waals surface area contributed by atoms with Crippen LogP contribution in [0.4, 0.5) is 0 Å². The molecule has 0 aliphatic heterocycles. The second kappa shape index (κ2) is 5.37. The Bertz CT molecular complexity index is 378. The molecule has 0 aliphatic carbocycles. The fourth-order valence-corrected chi connectivity index (χ4v) is 1.31. The zero-order valence-corrected chi connectivity index (χ0v) is 9.23. The maximum atomic E-state index is 11.7. The summed E-state index contributed by atoms with van der Waals surface area (Å²) < 4.78 is 4.87. The standard InChI is InChI=1S/C11H15NO4/c1-7(6-16-2)12-11(15)8-4-3-5-9(13)10(8)14/h3-5,7,13-14H,6H2,1-2H3,(H,12,15). The van der Waals surface area contributed by atoms with Gasteiger partial charge in [-0.1, -0.05) is 6.07 Å². The van der Waals surface area contributed by atoms with Gasteiger partial charge in [0.1, 0.15) is 0 Å². The first-order valence-electron chi connectivity index (χ1n) is 4.87. The largest absolute Gasteiger partial charge is 0.504 e. The molecule has 16 heavy (non-hydrogen) atoms. The molecule has 0 spiro atoms. The van der Waals surface area contributed by atoms with E-state index in [-0.39, 0.29) is 17.4 Å². The number of rotatable bonds is 4. The summed E-state index contributed by atoms with van der Waals surface area (Å²) in [5.74, 6) is -1.17. The van der Waals surface area contributed by atoms with Gasteiger partial charge in [-0.2, -0.15) is 0 Å². The molecule has 0 fully saturated rings. The molecule has 5 nitrogen and oxygen atoms in total. The number of carbonyl (C=O) groups excluding carboxylic acids is 1. The Kier molecular flexibility index (Phi) is 4.13. The van der Waals surface area contributed by atoms with E-state index in [1.54, 1.807) is 6.92 Å². The molecule has 88 valence electrons. The summed E-state index contributed by atoms with van der Waals surface area (Å²) in [4.78, 5) is 11.7. The number of phenolic OH excluding ortho intramolecular Hbond substituents is 2. The van der Waals surface area contributed by atoms with E-state index in [9.17, 15) is 15.0 Å². The maximum absolute atomic E-state index is 11.7.